The molecule has 1 aromatic rings. The van der Waals surface area contributed by atoms with E-state index in [0.29, 0.717) is 23.3 Å². The molecular formula is C21H31NO4. The Morgan fingerprint density at radius 1 is 1.23 bits per heavy atom. The van der Waals surface area contributed by atoms with E-state index >= 15 is 0 Å². The normalized spacial score (nSPS) is 22.8. The van der Waals surface area contributed by atoms with Crippen molar-refractivity contribution in [3.05, 3.63) is 29.8 Å². The number of rotatable bonds is 6. The monoisotopic (exact) mass is 361 g/mol. The second-order valence-electron chi connectivity index (χ2n) is 7.88. The van der Waals surface area contributed by atoms with Gasteiger partial charge in [-0.1, -0.05) is 33.3 Å². The van der Waals surface area contributed by atoms with Crippen LogP contribution >= 0.6 is 0 Å². The SMILES string of the molecule is CC(C)[C@H]1CC[C@@H](C)C[C@@H]1OC(=O)COC(=O)c1cccc(N(C)C)c1. The highest BCUT2D eigenvalue weighted by atomic mass is 16.6. The molecule has 0 amide bonds. The molecule has 0 radical (unpaired) electrons. The molecule has 1 saturated carbocycles. The third-order valence-electron chi connectivity index (χ3n) is 5.16. The zero-order chi connectivity index (χ0) is 19.3. The summed E-state index contributed by atoms with van der Waals surface area (Å²) in [5.74, 6) is 0.424. The Labute approximate surface area is 156 Å². The van der Waals surface area contributed by atoms with Gasteiger partial charge in [-0.25, -0.2) is 9.59 Å². The van der Waals surface area contributed by atoms with E-state index in [0.717, 1.165) is 18.5 Å². The van der Waals surface area contributed by atoms with Gasteiger partial charge in [-0.05, 0) is 48.8 Å². The lowest BCUT2D eigenvalue weighted by Gasteiger charge is -2.36. The summed E-state index contributed by atoms with van der Waals surface area (Å²) in [5, 5.41) is 0. The van der Waals surface area contributed by atoms with Crippen molar-refractivity contribution in [3.8, 4) is 0 Å². The molecule has 0 N–H and O–H groups in total. The number of esters is 2. The predicted octanol–water partition coefficient (Wildman–Crippen LogP) is 3.91. The van der Waals surface area contributed by atoms with Crippen LogP contribution in [0.1, 0.15) is 50.4 Å². The van der Waals surface area contributed by atoms with E-state index in [1.165, 1.54) is 6.42 Å². The average molecular weight is 361 g/mol. The van der Waals surface area contributed by atoms with Crippen molar-refractivity contribution in [1.29, 1.82) is 0 Å². The van der Waals surface area contributed by atoms with Gasteiger partial charge in [0, 0.05) is 19.8 Å². The zero-order valence-electron chi connectivity index (χ0n) is 16.5. The van der Waals surface area contributed by atoms with E-state index < -0.39 is 11.9 Å². The van der Waals surface area contributed by atoms with Crippen molar-refractivity contribution in [1.82, 2.24) is 0 Å². The molecule has 0 aromatic heterocycles. The quantitative estimate of drug-likeness (QED) is 0.719. The second-order valence-corrected chi connectivity index (χ2v) is 7.88. The molecule has 5 heteroatoms. The van der Waals surface area contributed by atoms with Crippen molar-refractivity contribution in [2.75, 3.05) is 25.6 Å². The molecule has 1 aliphatic carbocycles. The summed E-state index contributed by atoms with van der Waals surface area (Å²) in [6, 6.07) is 7.12. The maximum absolute atomic E-state index is 12.2. The number of hydrogen-bond donors (Lipinski definition) is 0. The second kappa shape index (κ2) is 9.06. The maximum atomic E-state index is 12.2. The molecule has 0 bridgehead atoms. The van der Waals surface area contributed by atoms with Gasteiger partial charge in [-0.2, -0.15) is 0 Å². The molecule has 1 aromatic carbocycles. The van der Waals surface area contributed by atoms with Crippen LogP contribution in [0.25, 0.3) is 0 Å². The molecule has 0 aliphatic heterocycles. The molecular weight excluding hydrogens is 330 g/mol. The Hall–Kier alpha value is -2.04. The number of carbonyl (C=O) groups is 2. The first-order chi connectivity index (χ1) is 12.3. The van der Waals surface area contributed by atoms with Gasteiger partial charge in [0.05, 0.1) is 5.56 Å². The van der Waals surface area contributed by atoms with Crippen molar-refractivity contribution in [3.63, 3.8) is 0 Å². The average Bonchev–Trinajstić information content (AvgIpc) is 2.59. The number of carbonyl (C=O) groups excluding carboxylic acids is 2. The summed E-state index contributed by atoms with van der Waals surface area (Å²) in [6.07, 6.45) is 3.05. The standard InChI is InChI=1S/C21H31NO4/c1-14(2)18-10-9-15(3)11-19(18)26-20(23)13-25-21(24)16-7-6-8-17(12-16)22(4)5/h6-8,12,14-15,18-19H,9-11,13H2,1-5H3/t15-,18-,19+/m1/s1. The van der Waals surface area contributed by atoms with Crippen LogP contribution in [0.15, 0.2) is 24.3 Å². The first-order valence-electron chi connectivity index (χ1n) is 9.42. The molecule has 0 heterocycles. The minimum absolute atomic E-state index is 0.0815. The summed E-state index contributed by atoms with van der Waals surface area (Å²) in [4.78, 5) is 26.3. The Morgan fingerprint density at radius 3 is 2.62 bits per heavy atom. The molecule has 26 heavy (non-hydrogen) atoms. The molecule has 2 rings (SSSR count). The fourth-order valence-corrected chi connectivity index (χ4v) is 3.57. The summed E-state index contributed by atoms with van der Waals surface area (Å²) in [7, 11) is 3.80. The summed E-state index contributed by atoms with van der Waals surface area (Å²) >= 11 is 0. The molecule has 1 aliphatic rings. The largest absolute Gasteiger partial charge is 0.460 e. The fraction of sp³-hybridized carbons (Fsp3) is 0.619. The minimum Gasteiger partial charge on any atom is -0.460 e. The van der Waals surface area contributed by atoms with E-state index in [9.17, 15) is 9.59 Å². The summed E-state index contributed by atoms with van der Waals surface area (Å²) < 4.78 is 10.8. The van der Waals surface area contributed by atoms with Crippen LogP contribution in [-0.2, 0) is 14.3 Å². The minimum atomic E-state index is -0.511. The van der Waals surface area contributed by atoms with Gasteiger partial charge in [0.25, 0.3) is 0 Å². The van der Waals surface area contributed by atoms with Gasteiger partial charge >= 0.3 is 11.9 Å². The fourth-order valence-electron chi connectivity index (χ4n) is 3.57. The van der Waals surface area contributed by atoms with Gasteiger partial charge < -0.3 is 14.4 Å². The Bertz CT molecular complexity index is 626. The lowest BCUT2D eigenvalue weighted by molar-refractivity contribution is -0.159. The van der Waals surface area contributed by atoms with Gasteiger partial charge in [0.15, 0.2) is 6.61 Å². The Kier molecular flexibility index (Phi) is 7.06. The van der Waals surface area contributed by atoms with Crippen LogP contribution in [0.3, 0.4) is 0 Å². The van der Waals surface area contributed by atoms with Crippen molar-refractivity contribution >= 4 is 17.6 Å². The number of nitrogens with zero attached hydrogens (tertiary/aromatic N) is 1. The molecule has 0 unspecified atom stereocenters. The van der Waals surface area contributed by atoms with E-state index in [1.807, 2.05) is 25.1 Å². The van der Waals surface area contributed by atoms with Crippen molar-refractivity contribution < 1.29 is 19.1 Å². The van der Waals surface area contributed by atoms with Crippen LogP contribution in [0.2, 0.25) is 0 Å². The number of benzene rings is 1. The highest BCUT2D eigenvalue weighted by Gasteiger charge is 2.33. The third kappa shape index (κ3) is 5.48. The molecule has 1 fully saturated rings. The highest BCUT2D eigenvalue weighted by molar-refractivity contribution is 5.91. The summed E-state index contributed by atoms with van der Waals surface area (Å²) in [6.45, 7) is 6.17. The topological polar surface area (TPSA) is 55.8 Å². The van der Waals surface area contributed by atoms with Crippen LogP contribution in [0.5, 0.6) is 0 Å². The van der Waals surface area contributed by atoms with Crippen LogP contribution in [0.4, 0.5) is 5.69 Å². The smallest absolute Gasteiger partial charge is 0.344 e. The Balaban J connectivity index is 1.89. The van der Waals surface area contributed by atoms with E-state index in [-0.39, 0.29) is 12.7 Å². The Morgan fingerprint density at radius 2 is 1.96 bits per heavy atom. The number of ether oxygens (including phenoxy) is 2. The van der Waals surface area contributed by atoms with E-state index in [2.05, 4.69) is 20.8 Å². The van der Waals surface area contributed by atoms with Crippen LogP contribution in [0, 0.1) is 17.8 Å². The molecule has 144 valence electrons. The van der Waals surface area contributed by atoms with Gasteiger partial charge in [-0.3, -0.25) is 0 Å². The van der Waals surface area contributed by atoms with Crippen LogP contribution < -0.4 is 4.90 Å². The first kappa shape index (κ1) is 20.3. The van der Waals surface area contributed by atoms with Crippen molar-refractivity contribution in [2.24, 2.45) is 17.8 Å². The molecule has 0 saturated heterocycles. The zero-order valence-corrected chi connectivity index (χ0v) is 16.5. The first-order valence-corrected chi connectivity index (χ1v) is 9.42. The van der Waals surface area contributed by atoms with Crippen molar-refractivity contribution in [2.45, 2.75) is 46.1 Å². The van der Waals surface area contributed by atoms with Gasteiger partial charge in [0.1, 0.15) is 6.10 Å². The van der Waals surface area contributed by atoms with E-state index in [1.54, 1.807) is 18.2 Å². The molecule has 3 atom stereocenters. The number of anilines is 1. The molecule has 5 nitrogen and oxygen atoms in total. The third-order valence-corrected chi connectivity index (χ3v) is 5.16. The van der Waals surface area contributed by atoms with Crippen LogP contribution in [-0.4, -0.2) is 38.7 Å². The van der Waals surface area contributed by atoms with Gasteiger partial charge in [-0.15, -0.1) is 0 Å². The lowest BCUT2D eigenvalue weighted by atomic mass is 9.75. The van der Waals surface area contributed by atoms with E-state index in [4.69, 9.17) is 9.47 Å². The lowest BCUT2D eigenvalue weighted by Crippen LogP contribution is -2.36. The van der Waals surface area contributed by atoms with Gasteiger partial charge in [0.2, 0.25) is 0 Å². The summed E-state index contributed by atoms with van der Waals surface area (Å²) in [5.41, 5.74) is 1.33. The highest BCUT2D eigenvalue weighted by Crippen LogP contribution is 2.35. The predicted molar refractivity (Wildman–Crippen MR) is 102 cm³/mol. The number of hydrogen-bond acceptors (Lipinski definition) is 5. The molecule has 0 spiro atoms. The maximum Gasteiger partial charge on any atom is 0.344 e.